The predicted octanol–water partition coefficient (Wildman–Crippen LogP) is 3.55. The van der Waals surface area contributed by atoms with E-state index in [1.165, 1.54) is 0 Å². The van der Waals surface area contributed by atoms with E-state index in [-0.39, 0.29) is 19.1 Å². The lowest BCUT2D eigenvalue weighted by Gasteiger charge is -2.26. The van der Waals surface area contributed by atoms with Gasteiger partial charge in [0.2, 0.25) is 6.10 Å². The molecule has 4 rings (SSSR count). The summed E-state index contributed by atoms with van der Waals surface area (Å²) >= 11 is 0. The molecule has 0 fully saturated rings. The van der Waals surface area contributed by atoms with Crippen molar-refractivity contribution < 1.29 is 23.8 Å². The molecule has 0 aliphatic carbocycles. The number of nitrogens with one attached hydrogen (secondary N) is 1. The standard InChI is InChI=1S/C23H22N2O5/c1-3-28-23(27)17-13-18(16-9-5-4-6-10-16)25(15(17)2)24-22(26)21-14-29-19-11-7-8-12-20(19)30-21/h4-13,21H,3,14H2,1-2H3,(H,24,26)/t21-/m1/s1. The fraction of sp³-hybridized carbons (Fsp3) is 0.217. The van der Waals surface area contributed by atoms with Crippen molar-refractivity contribution in [2.24, 2.45) is 0 Å². The first kappa shape index (κ1) is 19.6. The Labute approximate surface area is 174 Å². The van der Waals surface area contributed by atoms with Crippen LogP contribution in [0.15, 0.2) is 60.7 Å². The number of fused-ring (bicyclic) bond motifs is 1. The molecule has 1 aromatic heterocycles. The molecule has 1 N–H and O–H groups in total. The maximum atomic E-state index is 13.0. The molecule has 1 atom stereocenters. The summed E-state index contributed by atoms with van der Waals surface area (Å²) in [6.45, 7) is 3.87. The summed E-state index contributed by atoms with van der Waals surface area (Å²) in [6.07, 6.45) is -0.823. The van der Waals surface area contributed by atoms with E-state index >= 15 is 0 Å². The molecule has 1 amide bonds. The zero-order valence-corrected chi connectivity index (χ0v) is 16.8. The van der Waals surface area contributed by atoms with Crippen molar-refractivity contribution in [3.8, 4) is 22.8 Å². The lowest BCUT2D eigenvalue weighted by Crippen LogP contribution is -2.43. The van der Waals surface area contributed by atoms with Crippen LogP contribution < -0.4 is 14.9 Å². The summed E-state index contributed by atoms with van der Waals surface area (Å²) in [5.41, 5.74) is 5.34. The van der Waals surface area contributed by atoms with Crippen LogP contribution in [0.5, 0.6) is 11.5 Å². The molecule has 30 heavy (non-hydrogen) atoms. The van der Waals surface area contributed by atoms with Crippen LogP contribution in [0.2, 0.25) is 0 Å². The third kappa shape index (κ3) is 3.74. The Morgan fingerprint density at radius 3 is 2.53 bits per heavy atom. The molecule has 0 spiro atoms. The van der Waals surface area contributed by atoms with Gasteiger partial charge in [0.25, 0.3) is 5.91 Å². The molecule has 0 bridgehead atoms. The summed E-state index contributed by atoms with van der Waals surface area (Å²) in [5.74, 6) is 0.305. The van der Waals surface area contributed by atoms with Crippen molar-refractivity contribution in [1.29, 1.82) is 0 Å². The Morgan fingerprint density at radius 1 is 1.10 bits per heavy atom. The number of hydrogen-bond donors (Lipinski definition) is 1. The number of aromatic nitrogens is 1. The lowest BCUT2D eigenvalue weighted by atomic mass is 10.1. The van der Waals surface area contributed by atoms with E-state index in [4.69, 9.17) is 14.2 Å². The monoisotopic (exact) mass is 406 g/mol. The van der Waals surface area contributed by atoms with E-state index in [0.29, 0.717) is 28.5 Å². The number of esters is 1. The fourth-order valence-electron chi connectivity index (χ4n) is 3.32. The van der Waals surface area contributed by atoms with Crippen LogP contribution in [-0.2, 0) is 9.53 Å². The van der Waals surface area contributed by atoms with Crippen LogP contribution in [0.3, 0.4) is 0 Å². The highest BCUT2D eigenvalue weighted by atomic mass is 16.6. The summed E-state index contributed by atoms with van der Waals surface area (Å²) in [7, 11) is 0. The van der Waals surface area contributed by atoms with E-state index in [2.05, 4.69) is 5.43 Å². The molecule has 1 aliphatic rings. The van der Waals surface area contributed by atoms with Gasteiger partial charge < -0.3 is 14.2 Å². The van der Waals surface area contributed by atoms with Crippen LogP contribution in [-0.4, -0.2) is 35.9 Å². The molecule has 154 valence electrons. The molecule has 0 radical (unpaired) electrons. The second kappa shape index (κ2) is 8.32. The zero-order chi connectivity index (χ0) is 21.1. The third-order valence-corrected chi connectivity index (χ3v) is 4.84. The molecule has 7 nitrogen and oxygen atoms in total. The molecule has 0 saturated carbocycles. The van der Waals surface area contributed by atoms with Crippen LogP contribution in [0.25, 0.3) is 11.3 Å². The second-order valence-electron chi connectivity index (χ2n) is 6.79. The van der Waals surface area contributed by atoms with Crippen molar-refractivity contribution in [2.75, 3.05) is 18.6 Å². The van der Waals surface area contributed by atoms with Crippen molar-refractivity contribution in [3.63, 3.8) is 0 Å². The molecule has 0 unspecified atom stereocenters. The lowest BCUT2D eigenvalue weighted by molar-refractivity contribution is -0.126. The van der Waals surface area contributed by atoms with E-state index in [1.54, 1.807) is 36.7 Å². The van der Waals surface area contributed by atoms with Crippen LogP contribution >= 0.6 is 0 Å². The minimum atomic E-state index is -0.823. The van der Waals surface area contributed by atoms with E-state index in [0.717, 1.165) is 5.56 Å². The van der Waals surface area contributed by atoms with Crippen molar-refractivity contribution in [1.82, 2.24) is 4.68 Å². The second-order valence-corrected chi connectivity index (χ2v) is 6.79. The minimum Gasteiger partial charge on any atom is -0.485 e. The molecule has 3 aromatic rings. The number of amides is 1. The normalized spacial score (nSPS) is 14.8. The van der Waals surface area contributed by atoms with Gasteiger partial charge in [-0.2, -0.15) is 0 Å². The van der Waals surface area contributed by atoms with Crippen molar-refractivity contribution in [3.05, 3.63) is 71.9 Å². The summed E-state index contributed by atoms with van der Waals surface area (Å²) in [4.78, 5) is 25.4. The number of hydrogen-bond acceptors (Lipinski definition) is 5. The van der Waals surface area contributed by atoms with Gasteiger partial charge in [0.15, 0.2) is 11.5 Å². The predicted molar refractivity (Wildman–Crippen MR) is 111 cm³/mol. The average Bonchev–Trinajstić information content (AvgIpc) is 3.10. The number of ether oxygens (including phenoxy) is 3. The Morgan fingerprint density at radius 2 is 1.80 bits per heavy atom. The number of nitrogens with zero attached hydrogens (tertiary/aromatic N) is 1. The van der Waals surface area contributed by atoms with Crippen molar-refractivity contribution >= 4 is 11.9 Å². The maximum absolute atomic E-state index is 13.0. The number of carbonyl (C=O) groups excluding carboxylic acids is 2. The Balaban J connectivity index is 1.64. The van der Waals surface area contributed by atoms with Gasteiger partial charge in [0.05, 0.1) is 23.6 Å². The summed E-state index contributed by atoms with van der Waals surface area (Å²) in [5, 5.41) is 0. The molecule has 7 heteroatoms. The summed E-state index contributed by atoms with van der Waals surface area (Å²) < 4.78 is 18.2. The van der Waals surface area contributed by atoms with Crippen LogP contribution in [0.1, 0.15) is 23.0 Å². The Bertz CT molecular complexity index is 1070. The molecule has 2 heterocycles. The highest BCUT2D eigenvalue weighted by molar-refractivity contribution is 5.94. The largest absolute Gasteiger partial charge is 0.485 e. The molecular formula is C23H22N2O5. The van der Waals surface area contributed by atoms with Gasteiger partial charge in [-0.05, 0) is 32.0 Å². The van der Waals surface area contributed by atoms with Gasteiger partial charge in [-0.3, -0.25) is 14.9 Å². The highest BCUT2D eigenvalue weighted by Crippen LogP contribution is 2.31. The van der Waals surface area contributed by atoms with Gasteiger partial charge in [-0.25, -0.2) is 4.79 Å². The average molecular weight is 406 g/mol. The molecule has 0 saturated heterocycles. The van der Waals surface area contributed by atoms with Gasteiger partial charge in [-0.1, -0.05) is 42.5 Å². The smallest absolute Gasteiger partial charge is 0.340 e. The topological polar surface area (TPSA) is 78.8 Å². The Kier molecular flexibility index (Phi) is 5.43. The first-order chi connectivity index (χ1) is 14.6. The number of rotatable bonds is 5. The number of benzene rings is 2. The first-order valence-corrected chi connectivity index (χ1v) is 9.72. The van der Waals surface area contributed by atoms with Gasteiger partial charge >= 0.3 is 5.97 Å². The molecule has 2 aromatic carbocycles. The fourth-order valence-corrected chi connectivity index (χ4v) is 3.32. The minimum absolute atomic E-state index is 0.0918. The quantitative estimate of drug-likeness (QED) is 0.656. The first-order valence-electron chi connectivity index (χ1n) is 9.72. The SMILES string of the molecule is CCOC(=O)c1cc(-c2ccccc2)n(NC(=O)[C@H]2COc3ccccc3O2)c1C. The van der Waals surface area contributed by atoms with Gasteiger partial charge in [-0.15, -0.1) is 0 Å². The zero-order valence-electron chi connectivity index (χ0n) is 16.8. The molecule has 1 aliphatic heterocycles. The molecular weight excluding hydrogens is 384 g/mol. The Hall–Kier alpha value is -3.74. The van der Waals surface area contributed by atoms with Gasteiger partial charge in [0.1, 0.15) is 6.61 Å². The van der Waals surface area contributed by atoms with E-state index < -0.39 is 12.1 Å². The van der Waals surface area contributed by atoms with E-state index in [9.17, 15) is 9.59 Å². The third-order valence-electron chi connectivity index (χ3n) is 4.84. The maximum Gasteiger partial charge on any atom is 0.340 e. The van der Waals surface area contributed by atoms with Crippen LogP contribution in [0.4, 0.5) is 0 Å². The van der Waals surface area contributed by atoms with Crippen LogP contribution in [0, 0.1) is 6.92 Å². The number of para-hydroxylation sites is 2. The summed E-state index contributed by atoms with van der Waals surface area (Å²) in [6, 6.07) is 18.4. The van der Waals surface area contributed by atoms with Gasteiger partial charge in [0, 0.05) is 5.56 Å². The van der Waals surface area contributed by atoms with Crippen molar-refractivity contribution in [2.45, 2.75) is 20.0 Å². The van der Waals surface area contributed by atoms with E-state index in [1.807, 2.05) is 42.5 Å². The number of carbonyl (C=O) groups is 2. The highest BCUT2D eigenvalue weighted by Gasteiger charge is 2.29.